The van der Waals surface area contributed by atoms with Crippen LogP contribution in [-0.4, -0.2) is 0 Å². The molecule has 4 rings (SSSR count). The van der Waals surface area contributed by atoms with E-state index >= 15 is 0 Å². The number of ether oxygens (including phenoxy) is 1. The van der Waals surface area contributed by atoms with Crippen LogP contribution in [0, 0.1) is 30.2 Å². The first-order chi connectivity index (χ1) is 15.2. The largest absolute Gasteiger partial charge is 0.432 e. The smallest absolute Gasteiger partial charge is 0.429 e. The van der Waals surface area contributed by atoms with E-state index in [-0.39, 0.29) is 11.1 Å². The molecule has 1 nitrogen and oxygen atoms in total. The van der Waals surface area contributed by atoms with Crippen molar-refractivity contribution in [2.75, 3.05) is 0 Å². The maximum absolute atomic E-state index is 14.6. The van der Waals surface area contributed by atoms with Crippen LogP contribution in [0.25, 0.3) is 11.1 Å². The molecule has 0 aliphatic heterocycles. The molecule has 168 valence electrons. The van der Waals surface area contributed by atoms with Crippen LogP contribution in [0.5, 0.6) is 5.75 Å². The van der Waals surface area contributed by atoms with Gasteiger partial charge in [-0.3, -0.25) is 0 Å². The summed E-state index contributed by atoms with van der Waals surface area (Å²) in [5.41, 5.74) is -0.319. The number of hydrogen-bond donors (Lipinski definition) is 0. The van der Waals surface area contributed by atoms with Gasteiger partial charge in [-0.05, 0) is 54.5 Å². The standard InChI is InChI=1S/C25H20F6O/c1-14-20(26)12-19(13-21(14)27)32-25(30,31)24-22(28)10-18(11-23(24)29)17-8-6-16(7-9-17)15-4-2-3-5-15/h6-13,15H,2-5H2,1H3. The molecular weight excluding hydrogens is 430 g/mol. The Bertz CT molecular complexity index is 1090. The lowest BCUT2D eigenvalue weighted by molar-refractivity contribution is -0.189. The second-order valence-electron chi connectivity index (χ2n) is 8.05. The van der Waals surface area contributed by atoms with Gasteiger partial charge < -0.3 is 4.74 Å². The fourth-order valence-electron chi connectivity index (χ4n) is 4.10. The minimum atomic E-state index is -4.49. The third kappa shape index (κ3) is 4.33. The average Bonchev–Trinajstić information content (AvgIpc) is 3.26. The molecule has 1 fully saturated rings. The predicted octanol–water partition coefficient (Wildman–Crippen LogP) is 8.00. The summed E-state index contributed by atoms with van der Waals surface area (Å²) in [4.78, 5) is 0. The molecule has 0 unspecified atom stereocenters. The predicted molar refractivity (Wildman–Crippen MR) is 109 cm³/mol. The van der Waals surface area contributed by atoms with Gasteiger partial charge in [-0.25, -0.2) is 17.6 Å². The average molecular weight is 450 g/mol. The molecule has 1 aliphatic carbocycles. The number of alkyl halides is 2. The summed E-state index contributed by atoms with van der Waals surface area (Å²) in [5.74, 6) is -5.72. The number of rotatable bonds is 5. The lowest BCUT2D eigenvalue weighted by Crippen LogP contribution is -2.25. The highest BCUT2D eigenvalue weighted by molar-refractivity contribution is 5.64. The van der Waals surface area contributed by atoms with Crippen molar-refractivity contribution >= 4 is 0 Å². The molecule has 3 aromatic carbocycles. The molecule has 0 saturated heterocycles. The zero-order valence-corrected chi connectivity index (χ0v) is 17.2. The zero-order chi connectivity index (χ0) is 23.0. The fraction of sp³-hybridized carbons (Fsp3) is 0.280. The van der Waals surface area contributed by atoms with E-state index in [0.29, 0.717) is 23.6 Å². The molecule has 0 heterocycles. The van der Waals surface area contributed by atoms with Crippen LogP contribution < -0.4 is 4.74 Å². The zero-order valence-electron chi connectivity index (χ0n) is 17.2. The topological polar surface area (TPSA) is 9.23 Å². The fourth-order valence-corrected chi connectivity index (χ4v) is 4.10. The van der Waals surface area contributed by atoms with E-state index in [0.717, 1.165) is 37.5 Å². The van der Waals surface area contributed by atoms with Crippen LogP contribution in [0.1, 0.15) is 48.3 Å². The maximum Gasteiger partial charge on any atom is 0.432 e. The number of benzene rings is 3. The van der Waals surface area contributed by atoms with Gasteiger partial charge in [0, 0.05) is 17.7 Å². The second-order valence-corrected chi connectivity index (χ2v) is 8.05. The lowest BCUT2D eigenvalue weighted by Gasteiger charge is -2.20. The van der Waals surface area contributed by atoms with E-state index in [9.17, 15) is 26.3 Å². The summed E-state index contributed by atoms with van der Waals surface area (Å²) >= 11 is 0. The number of halogens is 6. The van der Waals surface area contributed by atoms with Crippen molar-refractivity contribution in [3.63, 3.8) is 0 Å². The van der Waals surface area contributed by atoms with Crippen molar-refractivity contribution in [3.05, 3.63) is 88.5 Å². The Kier molecular flexibility index (Phi) is 5.93. The van der Waals surface area contributed by atoms with Crippen LogP contribution >= 0.6 is 0 Å². The van der Waals surface area contributed by atoms with Crippen LogP contribution in [0.2, 0.25) is 0 Å². The summed E-state index contributed by atoms with van der Waals surface area (Å²) in [5, 5.41) is 0. The van der Waals surface area contributed by atoms with E-state index in [1.165, 1.54) is 12.8 Å². The van der Waals surface area contributed by atoms with Gasteiger partial charge in [-0.15, -0.1) is 0 Å². The van der Waals surface area contributed by atoms with Crippen molar-refractivity contribution in [2.24, 2.45) is 0 Å². The Hall–Kier alpha value is -2.96. The molecule has 0 bridgehead atoms. The molecule has 0 amide bonds. The first-order valence-electron chi connectivity index (χ1n) is 10.3. The summed E-state index contributed by atoms with van der Waals surface area (Å²) in [6, 6.07) is 9.81. The van der Waals surface area contributed by atoms with Crippen molar-refractivity contribution < 1.29 is 31.1 Å². The van der Waals surface area contributed by atoms with Gasteiger partial charge in [0.05, 0.1) is 0 Å². The molecule has 32 heavy (non-hydrogen) atoms. The monoisotopic (exact) mass is 450 g/mol. The van der Waals surface area contributed by atoms with Crippen LogP contribution in [0.15, 0.2) is 48.5 Å². The van der Waals surface area contributed by atoms with Crippen LogP contribution in [0.3, 0.4) is 0 Å². The van der Waals surface area contributed by atoms with Gasteiger partial charge in [0.2, 0.25) is 0 Å². The Morgan fingerprint density at radius 2 is 1.28 bits per heavy atom. The lowest BCUT2D eigenvalue weighted by atomic mass is 9.94. The molecule has 0 spiro atoms. The van der Waals surface area contributed by atoms with E-state index in [4.69, 9.17) is 0 Å². The highest BCUT2D eigenvalue weighted by atomic mass is 19.3. The molecule has 1 saturated carbocycles. The van der Waals surface area contributed by atoms with Gasteiger partial charge in [0.1, 0.15) is 34.6 Å². The summed E-state index contributed by atoms with van der Waals surface area (Å²) in [7, 11) is 0. The molecule has 0 aromatic heterocycles. The summed E-state index contributed by atoms with van der Waals surface area (Å²) in [6.45, 7) is 1.12. The molecule has 7 heteroatoms. The minimum Gasteiger partial charge on any atom is -0.429 e. The number of hydrogen-bond acceptors (Lipinski definition) is 1. The SMILES string of the molecule is Cc1c(F)cc(OC(F)(F)c2c(F)cc(-c3ccc(C4CCCC4)cc3)cc2F)cc1F. The van der Waals surface area contributed by atoms with Crippen LogP contribution in [-0.2, 0) is 6.11 Å². The summed E-state index contributed by atoms with van der Waals surface area (Å²) < 4.78 is 89.8. The molecule has 0 atom stereocenters. The third-order valence-electron chi connectivity index (χ3n) is 5.90. The molecule has 0 radical (unpaired) electrons. The van der Waals surface area contributed by atoms with Crippen molar-refractivity contribution in [2.45, 2.75) is 44.6 Å². The van der Waals surface area contributed by atoms with Gasteiger partial charge in [0.25, 0.3) is 0 Å². The molecule has 1 aliphatic rings. The highest BCUT2D eigenvalue weighted by Crippen LogP contribution is 2.38. The van der Waals surface area contributed by atoms with E-state index < -0.39 is 40.7 Å². The Morgan fingerprint density at radius 3 is 1.81 bits per heavy atom. The first-order valence-corrected chi connectivity index (χ1v) is 10.3. The van der Waals surface area contributed by atoms with Crippen LogP contribution in [0.4, 0.5) is 26.3 Å². The normalized spacial score (nSPS) is 14.7. The summed E-state index contributed by atoms with van der Waals surface area (Å²) in [6.07, 6.45) is 0.0421. The Balaban J connectivity index is 1.62. The van der Waals surface area contributed by atoms with Gasteiger partial charge in [-0.1, -0.05) is 37.1 Å². The molecular formula is C25H20F6O. The van der Waals surface area contributed by atoms with Gasteiger partial charge >= 0.3 is 6.11 Å². The van der Waals surface area contributed by atoms with E-state index in [1.807, 2.05) is 12.1 Å². The van der Waals surface area contributed by atoms with E-state index in [1.54, 1.807) is 12.1 Å². The van der Waals surface area contributed by atoms with Crippen molar-refractivity contribution in [1.29, 1.82) is 0 Å². The molecule has 3 aromatic rings. The molecule has 0 N–H and O–H groups in total. The first kappa shape index (κ1) is 22.2. The van der Waals surface area contributed by atoms with Crippen molar-refractivity contribution in [1.82, 2.24) is 0 Å². The third-order valence-corrected chi connectivity index (χ3v) is 5.90. The quantitative estimate of drug-likeness (QED) is 0.358. The van der Waals surface area contributed by atoms with E-state index in [2.05, 4.69) is 4.74 Å². The van der Waals surface area contributed by atoms with Gasteiger partial charge in [0.15, 0.2) is 0 Å². The maximum atomic E-state index is 14.6. The Morgan fingerprint density at radius 1 is 0.750 bits per heavy atom. The van der Waals surface area contributed by atoms with Crippen molar-refractivity contribution in [3.8, 4) is 16.9 Å². The minimum absolute atomic E-state index is 0.0879. The second kappa shape index (κ2) is 8.52. The van der Waals surface area contributed by atoms with Gasteiger partial charge in [-0.2, -0.15) is 8.78 Å². The Labute approximate surface area is 181 Å². The highest BCUT2D eigenvalue weighted by Gasteiger charge is 2.41.